The van der Waals surface area contributed by atoms with Gasteiger partial charge in [0.25, 0.3) is 0 Å². The molecule has 1 saturated heterocycles. The Morgan fingerprint density at radius 2 is 1.82 bits per heavy atom. The number of carbonyl (C=O) groups is 2. The summed E-state index contributed by atoms with van der Waals surface area (Å²) in [7, 11) is 0. The van der Waals surface area contributed by atoms with Crippen LogP contribution < -0.4 is 4.90 Å². The van der Waals surface area contributed by atoms with E-state index in [1.807, 2.05) is 13.0 Å². The summed E-state index contributed by atoms with van der Waals surface area (Å²) in [5.41, 5.74) is 3.51. The third kappa shape index (κ3) is 5.28. The Hall–Kier alpha value is -3.41. The Bertz CT molecular complexity index is 1460. The van der Waals surface area contributed by atoms with Crippen molar-refractivity contribution in [2.75, 3.05) is 24.6 Å². The van der Waals surface area contributed by atoms with Crippen molar-refractivity contribution >= 4 is 17.4 Å². The molecule has 2 unspecified atom stereocenters. The largest absolute Gasteiger partial charge is 0.458 e. The van der Waals surface area contributed by atoms with E-state index in [9.17, 15) is 27.7 Å². The van der Waals surface area contributed by atoms with Crippen LogP contribution in [0.25, 0.3) is 0 Å². The molecule has 1 aromatic rings. The molecule has 234 valence electrons. The fourth-order valence-electron chi connectivity index (χ4n) is 9.28. The number of ether oxygens (including phenoxy) is 1. The van der Waals surface area contributed by atoms with Gasteiger partial charge in [0.05, 0.1) is 5.41 Å². The maximum atomic E-state index is 13.9. The summed E-state index contributed by atoms with van der Waals surface area (Å²) < 4.78 is 45.9. The van der Waals surface area contributed by atoms with Crippen molar-refractivity contribution in [3.8, 4) is 11.8 Å². The van der Waals surface area contributed by atoms with Crippen LogP contribution in [-0.4, -0.2) is 43.7 Å². The smallest absolute Gasteiger partial charge is 0.457 e. The van der Waals surface area contributed by atoms with Gasteiger partial charge in [0, 0.05) is 37.5 Å². The summed E-state index contributed by atoms with van der Waals surface area (Å²) in [6.45, 7) is 4.58. The molecule has 6 rings (SSSR count). The fourth-order valence-corrected chi connectivity index (χ4v) is 9.28. The van der Waals surface area contributed by atoms with Crippen molar-refractivity contribution in [2.24, 2.45) is 27.8 Å². The lowest BCUT2D eigenvalue weighted by Gasteiger charge is -2.54. The lowest BCUT2D eigenvalue weighted by atomic mass is 9.48. The second-order valence-corrected chi connectivity index (χ2v) is 13.4. The number of ketones is 1. The van der Waals surface area contributed by atoms with Gasteiger partial charge in [0.1, 0.15) is 6.04 Å². The zero-order valence-corrected chi connectivity index (χ0v) is 25.3. The van der Waals surface area contributed by atoms with Crippen LogP contribution in [0.3, 0.4) is 0 Å². The first-order valence-corrected chi connectivity index (χ1v) is 15.8. The van der Waals surface area contributed by atoms with Crippen LogP contribution in [0.2, 0.25) is 0 Å². The van der Waals surface area contributed by atoms with E-state index >= 15 is 0 Å². The topological polar surface area (TPSA) is 76.0 Å². The van der Waals surface area contributed by atoms with E-state index in [4.69, 9.17) is 4.74 Å². The molecule has 1 aliphatic heterocycles. The quantitative estimate of drug-likeness (QED) is 0.191. The molecule has 5 aliphatic rings. The summed E-state index contributed by atoms with van der Waals surface area (Å²) in [5.74, 6) is 2.64. The normalized spacial score (nSPS) is 32.9. The van der Waals surface area contributed by atoms with Gasteiger partial charge in [-0.05, 0) is 104 Å². The molecule has 6 atom stereocenters. The van der Waals surface area contributed by atoms with E-state index < -0.39 is 35.4 Å². The number of rotatable bonds is 6. The van der Waals surface area contributed by atoms with Crippen molar-refractivity contribution in [2.45, 2.75) is 89.8 Å². The van der Waals surface area contributed by atoms with Crippen LogP contribution in [0.15, 0.2) is 52.2 Å². The molecule has 1 aromatic carbocycles. The summed E-state index contributed by atoms with van der Waals surface area (Å²) in [6.07, 6.45) is 3.73. The molecule has 3 fully saturated rings. The molecule has 0 bridgehead atoms. The van der Waals surface area contributed by atoms with Crippen molar-refractivity contribution in [1.82, 2.24) is 0 Å². The second kappa shape index (κ2) is 11.5. The molecule has 0 amide bonds. The van der Waals surface area contributed by atoms with Gasteiger partial charge in [-0.2, -0.15) is 18.1 Å². The van der Waals surface area contributed by atoms with Crippen LogP contribution in [0.4, 0.5) is 18.9 Å². The predicted molar refractivity (Wildman–Crippen MR) is 161 cm³/mol. The number of hydrogen-bond acceptors (Lipinski definition) is 6. The molecule has 6 nitrogen and oxygen atoms in total. The van der Waals surface area contributed by atoms with Gasteiger partial charge < -0.3 is 9.64 Å². The third-order valence-electron chi connectivity index (χ3n) is 11.3. The maximum absolute atomic E-state index is 13.9. The minimum absolute atomic E-state index is 0.0580. The van der Waals surface area contributed by atoms with Crippen LogP contribution in [0.1, 0.15) is 83.1 Å². The van der Waals surface area contributed by atoms with Crippen molar-refractivity contribution in [3.63, 3.8) is 0 Å². The van der Waals surface area contributed by atoms with Crippen LogP contribution in [-0.2, 0) is 14.3 Å². The van der Waals surface area contributed by atoms with Crippen molar-refractivity contribution < 1.29 is 27.5 Å². The van der Waals surface area contributed by atoms with Gasteiger partial charge in [-0.1, -0.05) is 41.8 Å². The standard InChI is InChI=1S/C35H39F3N2O4/c1-22(41)44-21-31(42)34(15-16-35(36,37)38)14-13-30-28-11-7-24-19-25(39-43)8-12-27(24)32(28)29(20-33(30,34)2)23-5-9-26(10-6-23)40-17-3-4-18-40/h5-6,9-10,19,25,28-30H,3-4,7-8,11-14,17-18,20-21H2,1-2H3/t25?,28-,29?,30-,33-,34-/m0/s1. The zero-order chi connectivity index (χ0) is 31.3. The summed E-state index contributed by atoms with van der Waals surface area (Å²) in [4.78, 5) is 39.4. The summed E-state index contributed by atoms with van der Waals surface area (Å²) >= 11 is 0. The van der Waals surface area contributed by atoms with Gasteiger partial charge in [-0.25, -0.2) is 0 Å². The number of Topliss-reactive ketones (excluding diaryl/α,β-unsaturated/α-hetero) is 1. The van der Waals surface area contributed by atoms with Gasteiger partial charge in [0.15, 0.2) is 12.4 Å². The molecule has 44 heavy (non-hydrogen) atoms. The highest BCUT2D eigenvalue weighted by Gasteiger charge is 2.65. The molecule has 1 heterocycles. The first kappa shape index (κ1) is 30.6. The molecule has 0 radical (unpaired) electrons. The molecule has 0 N–H and O–H groups in total. The molecule has 0 spiro atoms. The third-order valence-corrected chi connectivity index (χ3v) is 11.3. The SMILES string of the molecule is CC(=O)OCC(=O)[C@@]1(C#CC(F)(F)F)CC[C@H]2[C@@H]3CCC4=CC(N=O)CCC4=C3C(c3ccc(N4CCCC4)cc3)C[C@@]21C. The first-order chi connectivity index (χ1) is 21.0. The monoisotopic (exact) mass is 608 g/mol. The van der Waals surface area contributed by atoms with E-state index in [2.05, 4.69) is 40.3 Å². The number of anilines is 1. The van der Waals surface area contributed by atoms with Crippen molar-refractivity contribution in [1.29, 1.82) is 0 Å². The number of fused-ring (bicyclic) bond motifs is 4. The van der Waals surface area contributed by atoms with Crippen LogP contribution >= 0.6 is 0 Å². The second-order valence-electron chi connectivity index (χ2n) is 13.4. The Labute approximate surface area is 256 Å². The number of allylic oxidation sites excluding steroid dienone is 3. The Morgan fingerprint density at radius 1 is 1.09 bits per heavy atom. The highest BCUT2D eigenvalue weighted by atomic mass is 19.4. The zero-order valence-electron chi connectivity index (χ0n) is 25.3. The van der Waals surface area contributed by atoms with Gasteiger partial charge >= 0.3 is 12.1 Å². The van der Waals surface area contributed by atoms with E-state index in [0.29, 0.717) is 19.3 Å². The van der Waals surface area contributed by atoms with Crippen LogP contribution in [0, 0.1) is 39.4 Å². The number of carbonyl (C=O) groups excluding carboxylic acids is 2. The van der Waals surface area contributed by atoms with Crippen LogP contribution in [0.5, 0.6) is 0 Å². The van der Waals surface area contributed by atoms with Gasteiger partial charge in [0.2, 0.25) is 0 Å². The van der Waals surface area contributed by atoms with E-state index in [0.717, 1.165) is 56.4 Å². The number of esters is 1. The average Bonchev–Trinajstić information content (AvgIpc) is 3.64. The van der Waals surface area contributed by atoms with E-state index in [1.165, 1.54) is 29.6 Å². The van der Waals surface area contributed by atoms with E-state index in [-0.39, 0.29) is 30.2 Å². The van der Waals surface area contributed by atoms with E-state index in [1.54, 1.807) is 0 Å². The maximum Gasteiger partial charge on any atom is 0.457 e. The number of nitrogens with zero attached hydrogens (tertiary/aromatic N) is 2. The number of alkyl halides is 3. The Morgan fingerprint density at radius 3 is 2.48 bits per heavy atom. The first-order valence-electron chi connectivity index (χ1n) is 15.8. The lowest BCUT2D eigenvalue weighted by Crippen LogP contribution is -2.51. The number of hydrogen-bond donors (Lipinski definition) is 0. The Kier molecular flexibility index (Phi) is 8.00. The highest BCUT2D eigenvalue weighted by Crippen LogP contribution is 2.69. The molecule has 4 aliphatic carbocycles. The minimum Gasteiger partial charge on any atom is -0.458 e. The number of halogens is 3. The van der Waals surface area contributed by atoms with Gasteiger partial charge in [-0.15, -0.1) is 0 Å². The molecule has 2 saturated carbocycles. The lowest BCUT2D eigenvalue weighted by molar-refractivity contribution is -0.150. The molecule has 9 heteroatoms. The highest BCUT2D eigenvalue weighted by molar-refractivity contribution is 5.92. The fraction of sp³-hybridized carbons (Fsp3) is 0.600. The average molecular weight is 609 g/mol. The van der Waals surface area contributed by atoms with Gasteiger partial charge in [-0.3, -0.25) is 9.59 Å². The number of benzene rings is 1. The minimum atomic E-state index is -4.76. The van der Waals surface area contributed by atoms with Crippen molar-refractivity contribution in [3.05, 3.63) is 57.5 Å². The predicted octanol–water partition coefficient (Wildman–Crippen LogP) is 7.44. The molecular formula is C35H39F3N2O4. The molecule has 0 aromatic heterocycles. The summed E-state index contributed by atoms with van der Waals surface area (Å²) in [5, 5.41) is 3.31. The Balaban J connectivity index is 1.48. The summed E-state index contributed by atoms with van der Waals surface area (Å²) in [6, 6.07) is 8.22. The molecular weight excluding hydrogens is 569 g/mol. The number of nitroso groups, excluding NO2 is 1.